The second-order valence-electron chi connectivity index (χ2n) is 6.19. The number of ether oxygens (including phenoxy) is 1. The highest BCUT2D eigenvalue weighted by Crippen LogP contribution is 2.29. The lowest BCUT2D eigenvalue weighted by Gasteiger charge is -2.21. The molecule has 0 radical (unpaired) electrons. The molecule has 1 aromatic rings. The van der Waals surface area contributed by atoms with Gasteiger partial charge < -0.3 is 10.1 Å². The summed E-state index contributed by atoms with van der Waals surface area (Å²) in [6.45, 7) is 12.8. The van der Waals surface area contributed by atoms with Crippen molar-refractivity contribution in [1.29, 1.82) is 0 Å². The summed E-state index contributed by atoms with van der Waals surface area (Å²) in [4.78, 5) is 0. The minimum Gasteiger partial charge on any atom is -0.494 e. The van der Waals surface area contributed by atoms with Crippen LogP contribution >= 0.6 is 0 Å². The molecule has 0 saturated carbocycles. The van der Waals surface area contributed by atoms with E-state index in [4.69, 9.17) is 4.74 Å². The topological polar surface area (TPSA) is 21.3 Å². The Hall–Kier alpha value is -1.02. The van der Waals surface area contributed by atoms with Gasteiger partial charge in [-0.25, -0.2) is 0 Å². The van der Waals surface area contributed by atoms with Crippen molar-refractivity contribution in [2.24, 2.45) is 0 Å². The SMILES string of the molecule is CCOc1ccccc1C(C)CCCNC(C)(C)C. The normalized spacial score (nSPS) is 13.3. The van der Waals surface area contributed by atoms with Crippen molar-refractivity contribution in [1.82, 2.24) is 5.32 Å². The zero-order valence-electron chi connectivity index (χ0n) is 13.1. The second-order valence-corrected chi connectivity index (χ2v) is 6.19. The van der Waals surface area contributed by atoms with Crippen LogP contribution < -0.4 is 10.1 Å². The van der Waals surface area contributed by atoms with Gasteiger partial charge in [0.15, 0.2) is 0 Å². The lowest BCUT2D eigenvalue weighted by Crippen LogP contribution is -2.36. The van der Waals surface area contributed by atoms with Gasteiger partial charge in [0.05, 0.1) is 6.61 Å². The molecule has 1 N–H and O–H groups in total. The highest BCUT2D eigenvalue weighted by Gasteiger charge is 2.12. The second kappa shape index (κ2) is 7.54. The van der Waals surface area contributed by atoms with E-state index in [1.807, 2.05) is 13.0 Å². The molecule has 0 aliphatic rings. The van der Waals surface area contributed by atoms with Crippen LogP contribution in [0, 0.1) is 0 Å². The Morgan fingerprint density at radius 3 is 2.53 bits per heavy atom. The molecule has 0 aliphatic carbocycles. The van der Waals surface area contributed by atoms with Crippen molar-refractivity contribution in [3.8, 4) is 5.75 Å². The van der Waals surface area contributed by atoms with Crippen molar-refractivity contribution < 1.29 is 4.74 Å². The summed E-state index contributed by atoms with van der Waals surface area (Å²) in [6.07, 6.45) is 2.38. The van der Waals surface area contributed by atoms with Crippen LogP contribution in [0.15, 0.2) is 24.3 Å². The van der Waals surface area contributed by atoms with Crippen molar-refractivity contribution in [2.75, 3.05) is 13.2 Å². The number of hydrogen-bond donors (Lipinski definition) is 1. The summed E-state index contributed by atoms with van der Waals surface area (Å²) >= 11 is 0. The molecule has 0 aliphatic heterocycles. The maximum Gasteiger partial charge on any atom is 0.122 e. The van der Waals surface area contributed by atoms with Gasteiger partial charge >= 0.3 is 0 Å². The number of para-hydroxylation sites is 1. The Balaban J connectivity index is 2.47. The predicted molar refractivity (Wildman–Crippen MR) is 83.0 cm³/mol. The Kier molecular flexibility index (Phi) is 6.36. The maximum atomic E-state index is 5.70. The van der Waals surface area contributed by atoms with Gasteiger partial charge in [0, 0.05) is 5.54 Å². The predicted octanol–water partition coefficient (Wildman–Crippen LogP) is 4.36. The highest BCUT2D eigenvalue weighted by molar-refractivity contribution is 5.35. The van der Waals surface area contributed by atoms with Gasteiger partial charge in [-0.3, -0.25) is 0 Å². The zero-order chi connectivity index (χ0) is 14.3. The van der Waals surface area contributed by atoms with Crippen LogP contribution in [0.25, 0.3) is 0 Å². The first-order valence-corrected chi connectivity index (χ1v) is 7.41. The molecule has 0 heterocycles. The maximum absolute atomic E-state index is 5.70. The minimum atomic E-state index is 0.215. The van der Waals surface area contributed by atoms with E-state index >= 15 is 0 Å². The molecule has 1 unspecified atom stereocenters. The van der Waals surface area contributed by atoms with Gasteiger partial charge in [-0.05, 0) is 64.6 Å². The molecule has 2 heteroatoms. The Labute approximate surface area is 118 Å². The number of benzene rings is 1. The van der Waals surface area contributed by atoms with E-state index in [0.29, 0.717) is 5.92 Å². The fourth-order valence-electron chi connectivity index (χ4n) is 2.20. The third kappa shape index (κ3) is 6.11. The van der Waals surface area contributed by atoms with Crippen LogP contribution in [0.1, 0.15) is 58.9 Å². The van der Waals surface area contributed by atoms with Crippen LogP contribution in [-0.2, 0) is 0 Å². The highest BCUT2D eigenvalue weighted by atomic mass is 16.5. The van der Waals surface area contributed by atoms with Gasteiger partial charge in [0.1, 0.15) is 5.75 Å². The monoisotopic (exact) mass is 263 g/mol. The minimum absolute atomic E-state index is 0.215. The summed E-state index contributed by atoms with van der Waals surface area (Å²) in [7, 11) is 0. The molecule has 0 fully saturated rings. The molecule has 108 valence electrons. The van der Waals surface area contributed by atoms with Crippen LogP contribution in [-0.4, -0.2) is 18.7 Å². The molecule has 0 amide bonds. The van der Waals surface area contributed by atoms with E-state index in [0.717, 1.165) is 18.9 Å². The summed E-state index contributed by atoms with van der Waals surface area (Å²) in [5.41, 5.74) is 1.55. The van der Waals surface area contributed by atoms with Gasteiger partial charge in [-0.15, -0.1) is 0 Å². The molecule has 19 heavy (non-hydrogen) atoms. The van der Waals surface area contributed by atoms with E-state index in [1.165, 1.54) is 18.4 Å². The van der Waals surface area contributed by atoms with E-state index in [9.17, 15) is 0 Å². The molecule has 0 aromatic heterocycles. The smallest absolute Gasteiger partial charge is 0.122 e. The van der Waals surface area contributed by atoms with Crippen molar-refractivity contribution in [3.63, 3.8) is 0 Å². The fraction of sp³-hybridized carbons (Fsp3) is 0.647. The molecular weight excluding hydrogens is 234 g/mol. The number of nitrogens with one attached hydrogen (secondary N) is 1. The summed E-state index contributed by atoms with van der Waals surface area (Å²) in [5.74, 6) is 1.59. The van der Waals surface area contributed by atoms with Crippen molar-refractivity contribution in [3.05, 3.63) is 29.8 Å². The summed E-state index contributed by atoms with van der Waals surface area (Å²) in [5, 5.41) is 3.54. The van der Waals surface area contributed by atoms with E-state index < -0.39 is 0 Å². The van der Waals surface area contributed by atoms with E-state index in [-0.39, 0.29) is 5.54 Å². The molecule has 0 bridgehead atoms. The Bertz CT molecular complexity index is 368. The molecule has 1 aromatic carbocycles. The molecular formula is C17H29NO. The van der Waals surface area contributed by atoms with E-state index in [1.54, 1.807) is 0 Å². The quantitative estimate of drug-likeness (QED) is 0.738. The van der Waals surface area contributed by atoms with Gasteiger partial charge in [-0.2, -0.15) is 0 Å². The standard InChI is InChI=1S/C17H29NO/c1-6-19-16-12-8-7-11-15(16)14(2)10-9-13-18-17(3,4)5/h7-8,11-12,14,18H,6,9-10,13H2,1-5H3. The summed E-state index contributed by atoms with van der Waals surface area (Å²) < 4.78 is 5.70. The molecule has 0 spiro atoms. The fourth-order valence-corrected chi connectivity index (χ4v) is 2.20. The number of hydrogen-bond acceptors (Lipinski definition) is 2. The third-order valence-corrected chi connectivity index (χ3v) is 3.22. The average Bonchev–Trinajstić information content (AvgIpc) is 2.34. The average molecular weight is 263 g/mol. The van der Waals surface area contributed by atoms with Gasteiger partial charge in [0.25, 0.3) is 0 Å². The molecule has 0 saturated heterocycles. The molecule has 2 nitrogen and oxygen atoms in total. The van der Waals surface area contributed by atoms with Gasteiger partial charge in [-0.1, -0.05) is 25.1 Å². The van der Waals surface area contributed by atoms with Crippen LogP contribution in [0.3, 0.4) is 0 Å². The zero-order valence-corrected chi connectivity index (χ0v) is 13.1. The Morgan fingerprint density at radius 2 is 1.89 bits per heavy atom. The van der Waals surface area contributed by atoms with Gasteiger partial charge in [0.2, 0.25) is 0 Å². The Morgan fingerprint density at radius 1 is 1.21 bits per heavy atom. The largest absolute Gasteiger partial charge is 0.494 e. The molecule has 1 atom stereocenters. The first kappa shape index (κ1) is 16.0. The first-order chi connectivity index (χ1) is 8.94. The van der Waals surface area contributed by atoms with Crippen molar-refractivity contribution in [2.45, 2.75) is 58.9 Å². The summed E-state index contributed by atoms with van der Waals surface area (Å²) in [6, 6.07) is 8.40. The third-order valence-electron chi connectivity index (χ3n) is 3.22. The van der Waals surface area contributed by atoms with Crippen LogP contribution in [0.2, 0.25) is 0 Å². The van der Waals surface area contributed by atoms with E-state index in [2.05, 4.69) is 51.2 Å². The van der Waals surface area contributed by atoms with Crippen LogP contribution in [0.5, 0.6) is 5.75 Å². The first-order valence-electron chi connectivity index (χ1n) is 7.41. The lowest BCUT2D eigenvalue weighted by molar-refractivity contribution is 0.333. The number of rotatable bonds is 7. The van der Waals surface area contributed by atoms with Crippen LogP contribution in [0.4, 0.5) is 0 Å². The molecule has 1 rings (SSSR count). The lowest BCUT2D eigenvalue weighted by atomic mass is 9.95. The van der Waals surface area contributed by atoms with Crippen molar-refractivity contribution >= 4 is 0 Å².